The molecular formula is C12H12ClN3. The minimum atomic E-state index is 0.171. The summed E-state index contributed by atoms with van der Waals surface area (Å²) in [6, 6.07) is 7.85. The standard InChI is InChI=1S/C12H12ClN3/c1-9(10-4-6-15-12(13)7-10)16-11-3-2-5-14-8-11/h2-9,16H,1H3. The van der Waals surface area contributed by atoms with E-state index >= 15 is 0 Å². The van der Waals surface area contributed by atoms with Crippen LogP contribution in [0.25, 0.3) is 0 Å². The number of halogens is 1. The molecule has 0 amide bonds. The Hall–Kier alpha value is -1.61. The van der Waals surface area contributed by atoms with Crippen molar-refractivity contribution in [2.45, 2.75) is 13.0 Å². The number of pyridine rings is 2. The molecule has 1 unspecified atom stereocenters. The van der Waals surface area contributed by atoms with Gasteiger partial charge in [-0.2, -0.15) is 0 Å². The molecular weight excluding hydrogens is 222 g/mol. The second-order valence-corrected chi connectivity index (χ2v) is 3.91. The van der Waals surface area contributed by atoms with Gasteiger partial charge in [0.15, 0.2) is 0 Å². The molecule has 4 heteroatoms. The lowest BCUT2D eigenvalue weighted by Crippen LogP contribution is -2.06. The fourth-order valence-electron chi connectivity index (χ4n) is 1.47. The number of nitrogens with one attached hydrogen (secondary N) is 1. The summed E-state index contributed by atoms with van der Waals surface area (Å²) in [7, 11) is 0. The van der Waals surface area contributed by atoms with Gasteiger partial charge in [-0.05, 0) is 36.8 Å². The Morgan fingerprint density at radius 3 is 2.88 bits per heavy atom. The van der Waals surface area contributed by atoms with Gasteiger partial charge in [-0.15, -0.1) is 0 Å². The van der Waals surface area contributed by atoms with Crippen molar-refractivity contribution in [3.8, 4) is 0 Å². The van der Waals surface area contributed by atoms with Crippen LogP contribution in [-0.2, 0) is 0 Å². The van der Waals surface area contributed by atoms with Gasteiger partial charge in [0.2, 0.25) is 0 Å². The van der Waals surface area contributed by atoms with Crippen molar-refractivity contribution < 1.29 is 0 Å². The first-order valence-electron chi connectivity index (χ1n) is 5.04. The third kappa shape index (κ3) is 2.70. The summed E-state index contributed by atoms with van der Waals surface area (Å²) in [5.41, 5.74) is 2.09. The Kier molecular flexibility index (Phi) is 3.37. The van der Waals surface area contributed by atoms with E-state index in [9.17, 15) is 0 Å². The summed E-state index contributed by atoms with van der Waals surface area (Å²) in [5.74, 6) is 0. The van der Waals surface area contributed by atoms with Gasteiger partial charge in [0.25, 0.3) is 0 Å². The Morgan fingerprint density at radius 2 is 2.19 bits per heavy atom. The molecule has 1 atom stereocenters. The zero-order valence-electron chi connectivity index (χ0n) is 8.89. The van der Waals surface area contributed by atoms with Crippen molar-refractivity contribution >= 4 is 17.3 Å². The molecule has 2 rings (SSSR count). The van der Waals surface area contributed by atoms with E-state index in [1.54, 1.807) is 18.6 Å². The van der Waals surface area contributed by atoms with Crippen LogP contribution in [0.4, 0.5) is 5.69 Å². The maximum absolute atomic E-state index is 5.84. The summed E-state index contributed by atoms with van der Waals surface area (Å²) in [4.78, 5) is 8.00. The molecule has 3 nitrogen and oxygen atoms in total. The number of rotatable bonds is 3. The van der Waals surface area contributed by atoms with Crippen LogP contribution < -0.4 is 5.32 Å². The zero-order chi connectivity index (χ0) is 11.4. The van der Waals surface area contributed by atoms with Crippen molar-refractivity contribution in [2.24, 2.45) is 0 Å². The highest BCUT2D eigenvalue weighted by molar-refractivity contribution is 6.29. The van der Waals surface area contributed by atoms with Crippen LogP contribution in [0.15, 0.2) is 42.9 Å². The van der Waals surface area contributed by atoms with Gasteiger partial charge in [-0.25, -0.2) is 4.98 Å². The Labute approximate surface area is 99.5 Å². The first-order chi connectivity index (χ1) is 7.75. The van der Waals surface area contributed by atoms with Crippen LogP contribution >= 0.6 is 11.6 Å². The van der Waals surface area contributed by atoms with Crippen LogP contribution in [0.3, 0.4) is 0 Å². The van der Waals surface area contributed by atoms with Gasteiger partial charge in [0.05, 0.1) is 5.69 Å². The van der Waals surface area contributed by atoms with Gasteiger partial charge in [-0.1, -0.05) is 11.6 Å². The lowest BCUT2D eigenvalue weighted by molar-refractivity contribution is 0.879. The lowest BCUT2D eigenvalue weighted by atomic mass is 10.1. The van der Waals surface area contributed by atoms with E-state index in [1.807, 2.05) is 24.3 Å². The monoisotopic (exact) mass is 233 g/mol. The van der Waals surface area contributed by atoms with E-state index in [1.165, 1.54) is 0 Å². The predicted molar refractivity (Wildman–Crippen MR) is 65.5 cm³/mol. The van der Waals surface area contributed by atoms with Gasteiger partial charge in [0.1, 0.15) is 5.15 Å². The Morgan fingerprint density at radius 1 is 1.31 bits per heavy atom. The Balaban J connectivity index is 2.12. The summed E-state index contributed by atoms with van der Waals surface area (Å²) < 4.78 is 0. The highest BCUT2D eigenvalue weighted by Crippen LogP contribution is 2.19. The third-order valence-corrected chi connectivity index (χ3v) is 2.50. The van der Waals surface area contributed by atoms with Crippen LogP contribution in [0.5, 0.6) is 0 Å². The second-order valence-electron chi connectivity index (χ2n) is 3.52. The minimum Gasteiger partial charge on any atom is -0.377 e. The molecule has 0 spiro atoms. The number of aromatic nitrogens is 2. The summed E-state index contributed by atoms with van der Waals surface area (Å²) in [6.45, 7) is 2.07. The minimum absolute atomic E-state index is 0.171. The van der Waals surface area contributed by atoms with Crippen molar-refractivity contribution in [3.05, 3.63) is 53.6 Å². The summed E-state index contributed by atoms with van der Waals surface area (Å²) in [5, 5.41) is 3.85. The van der Waals surface area contributed by atoms with E-state index in [0.717, 1.165) is 11.3 Å². The average molecular weight is 234 g/mol. The molecule has 0 aliphatic rings. The molecule has 0 aliphatic heterocycles. The average Bonchev–Trinajstić information content (AvgIpc) is 2.30. The molecule has 2 aromatic rings. The highest BCUT2D eigenvalue weighted by atomic mass is 35.5. The first-order valence-corrected chi connectivity index (χ1v) is 5.41. The van der Waals surface area contributed by atoms with Crippen LogP contribution in [0, 0.1) is 0 Å². The largest absolute Gasteiger partial charge is 0.377 e. The number of hydrogen-bond donors (Lipinski definition) is 1. The molecule has 16 heavy (non-hydrogen) atoms. The third-order valence-electron chi connectivity index (χ3n) is 2.30. The van der Waals surface area contributed by atoms with Crippen molar-refractivity contribution in [1.29, 1.82) is 0 Å². The summed E-state index contributed by atoms with van der Waals surface area (Å²) in [6.07, 6.45) is 5.25. The van der Waals surface area contributed by atoms with E-state index in [-0.39, 0.29) is 6.04 Å². The van der Waals surface area contributed by atoms with Crippen LogP contribution in [0.2, 0.25) is 5.15 Å². The number of hydrogen-bond acceptors (Lipinski definition) is 3. The molecule has 0 saturated carbocycles. The van der Waals surface area contributed by atoms with Crippen molar-refractivity contribution in [3.63, 3.8) is 0 Å². The number of nitrogens with zero attached hydrogens (tertiary/aromatic N) is 2. The van der Waals surface area contributed by atoms with Crippen molar-refractivity contribution in [1.82, 2.24) is 9.97 Å². The first kappa shape index (κ1) is 10.9. The molecule has 0 fully saturated rings. The molecule has 0 bridgehead atoms. The molecule has 0 radical (unpaired) electrons. The van der Waals surface area contributed by atoms with Gasteiger partial charge in [-0.3, -0.25) is 4.98 Å². The SMILES string of the molecule is CC(Nc1cccnc1)c1ccnc(Cl)c1. The molecule has 2 heterocycles. The normalized spacial score (nSPS) is 12.1. The molecule has 2 aromatic heterocycles. The Bertz CT molecular complexity index is 459. The quantitative estimate of drug-likeness (QED) is 0.827. The number of anilines is 1. The van der Waals surface area contributed by atoms with Crippen LogP contribution in [-0.4, -0.2) is 9.97 Å². The fraction of sp³-hybridized carbons (Fsp3) is 0.167. The molecule has 82 valence electrons. The topological polar surface area (TPSA) is 37.8 Å². The lowest BCUT2D eigenvalue weighted by Gasteiger charge is -2.15. The molecule has 0 aromatic carbocycles. The molecule has 1 N–H and O–H groups in total. The fourth-order valence-corrected chi connectivity index (χ4v) is 1.65. The predicted octanol–water partition coefficient (Wildman–Crippen LogP) is 3.30. The van der Waals surface area contributed by atoms with Crippen LogP contribution in [0.1, 0.15) is 18.5 Å². The maximum atomic E-state index is 5.84. The van der Waals surface area contributed by atoms with Gasteiger partial charge in [0, 0.05) is 24.6 Å². The second kappa shape index (κ2) is 4.94. The summed E-state index contributed by atoms with van der Waals surface area (Å²) >= 11 is 5.84. The molecule has 0 saturated heterocycles. The van der Waals surface area contributed by atoms with E-state index in [4.69, 9.17) is 11.6 Å². The maximum Gasteiger partial charge on any atom is 0.129 e. The van der Waals surface area contributed by atoms with E-state index < -0.39 is 0 Å². The van der Waals surface area contributed by atoms with E-state index in [0.29, 0.717) is 5.15 Å². The van der Waals surface area contributed by atoms with Crippen molar-refractivity contribution in [2.75, 3.05) is 5.32 Å². The molecule has 0 aliphatic carbocycles. The smallest absolute Gasteiger partial charge is 0.129 e. The van der Waals surface area contributed by atoms with Gasteiger partial charge < -0.3 is 5.32 Å². The van der Waals surface area contributed by atoms with Gasteiger partial charge >= 0.3 is 0 Å². The highest BCUT2D eigenvalue weighted by Gasteiger charge is 2.05. The zero-order valence-corrected chi connectivity index (χ0v) is 9.65. The van der Waals surface area contributed by atoms with E-state index in [2.05, 4.69) is 22.2 Å².